The average Bonchev–Trinajstić information content (AvgIpc) is 2.46. The molecule has 1 amide bonds. The van der Waals surface area contributed by atoms with Crippen molar-refractivity contribution in [2.45, 2.75) is 12.1 Å². The second kappa shape index (κ2) is 6.02. The molecule has 0 saturated heterocycles. The summed E-state index contributed by atoms with van der Waals surface area (Å²) in [6.07, 6.45) is -1.04. The van der Waals surface area contributed by atoms with Gasteiger partial charge >= 0.3 is 6.09 Å². The molecular formula is C15H17N2O2+. The lowest BCUT2D eigenvalue weighted by atomic mass is 9.94. The number of benzene rings is 2. The Labute approximate surface area is 111 Å². The molecule has 4 nitrogen and oxygen atoms in total. The van der Waals surface area contributed by atoms with Crippen LogP contribution in [0.3, 0.4) is 0 Å². The van der Waals surface area contributed by atoms with E-state index >= 15 is 0 Å². The molecule has 0 heterocycles. The van der Waals surface area contributed by atoms with Crippen molar-refractivity contribution in [2.24, 2.45) is 0 Å². The van der Waals surface area contributed by atoms with Gasteiger partial charge in [0.15, 0.2) is 0 Å². The van der Waals surface area contributed by atoms with Crippen LogP contribution in [-0.4, -0.2) is 11.2 Å². The molecule has 2 atom stereocenters. The van der Waals surface area contributed by atoms with Crippen molar-refractivity contribution >= 4 is 6.09 Å². The Morgan fingerprint density at radius 1 is 0.947 bits per heavy atom. The molecule has 0 saturated carbocycles. The van der Waals surface area contributed by atoms with Crippen LogP contribution in [0.15, 0.2) is 60.7 Å². The van der Waals surface area contributed by atoms with Crippen LogP contribution in [0.4, 0.5) is 4.79 Å². The van der Waals surface area contributed by atoms with Gasteiger partial charge < -0.3 is 16.2 Å². The van der Waals surface area contributed by atoms with Crippen molar-refractivity contribution < 1.29 is 15.6 Å². The molecule has 98 valence electrons. The van der Waals surface area contributed by atoms with Gasteiger partial charge in [0, 0.05) is 5.56 Å². The van der Waals surface area contributed by atoms with E-state index < -0.39 is 6.09 Å². The van der Waals surface area contributed by atoms with Crippen molar-refractivity contribution in [1.82, 2.24) is 5.32 Å². The van der Waals surface area contributed by atoms with Crippen LogP contribution in [-0.2, 0) is 0 Å². The lowest BCUT2D eigenvalue weighted by Crippen LogP contribution is -2.59. The lowest BCUT2D eigenvalue weighted by Gasteiger charge is -2.21. The first-order chi connectivity index (χ1) is 9.18. The van der Waals surface area contributed by atoms with Crippen LogP contribution in [0.1, 0.15) is 23.2 Å². The molecule has 0 aliphatic heterocycles. The average molecular weight is 257 g/mol. The van der Waals surface area contributed by atoms with E-state index in [2.05, 4.69) is 11.1 Å². The largest absolute Gasteiger partial charge is 0.465 e. The minimum Gasteiger partial charge on any atom is -0.465 e. The first-order valence-corrected chi connectivity index (χ1v) is 6.11. The van der Waals surface area contributed by atoms with Gasteiger partial charge in [0.05, 0.1) is 0 Å². The number of nitrogens with one attached hydrogen (secondary N) is 1. The molecule has 2 rings (SSSR count). The molecule has 0 aliphatic carbocycles. The van der Waals surface area contributed by atoms with Gasteiger partial charge in [0.2, 0.25) is 0 Å². The summed E-state index contributed by atoms with van der Waals surface area (Å²) < 4.78 is 0. The Morgan fingerprint density at radius 3 is 1.89 bits per heavy atom. The van der Waals surface area contributed by atoms with Crippen LogP contribution < -0.4 is 11.1 Å². The zero-order chi connectivity index (χ0) is 13.7. The number of amides is 1. The highest BCUT2D eigenvalue weighted by atomic mass is 16.4. The lowest BCUT2D eigenvalue weighted by molar-refractivity contribution is -0.434. The van der Waals surface area contributed by atoms with Crippen molar-refractivity contribution in [3.8, 4) is 0 Å². The summed E-state index contributed by atoms with van der Waals surface area (Å²) in [7, 11) is 0. The number of rotatable bonds is 4. The first kappa shape index (κ1) is 13.1. The Bertz CT molecular complexity index is 528. The molecule has 4 heteroatoms. The van der Waals surface area contributed by atoms with Crippen LogP contribution in [0, 0.1) is 0 Å². The highest BCUT2D eigenvalue weighted by molar-refractivity contribution is 5.65. The van der Waals surface area contributed by atoms with E-state index in [4.69, 9.17) is 5.11 Å². The van der Waals surface area contributed by atoms with E-state index in [1.807, 2.05) is 60.7 Å². The molecule has 5 N–H and O–H groups in total. The fourth-order valence-corrected chi connectivity index (χ4v) is 2.10. The third-order valence-corrected chi connectivity index (χ3v) is 3.07. The summed E-state index contributed by atoms with van der Waals surface area (Å²) in [6.45, 7) is 0. The number of hydrogen-bond acceptors (Lipinski definition) is 1. The Morgan fingerprint density at radius 2 is 1.42 bits per heavy atom. The fourth-order valence-electron chi connectivity index (χ4n) is 2.10. The van der Waals surface area contributed by atoms with Crippen LogP contribution >= 0.6 is 0 Å². The van der Waals surface area contributed by atoms with E-state index in [0.29, 0.717) is 0 Å². The molecule has 0 radical (unpaired) electrons. The highest BCUT2D eigenvalue weighted by Crippen LogP contribution is 2.25. The maximum Gasteiger partial charge on any atom is 0.405 e. The second-order valence-electron chi connectivity index (χ2n) is 4.36. The van der Waals surface area contributed by atoms with Gasteiger partial charge in [-0.05, 0) is 5.56 Å². The maximum atomic E-state index is 11.0. The van der Waals surface area contributed by atoms with Gasteiger partial charge in [-0.3, -0.25) is 0 Å². The normalized spacial score (nSPS) is 13.5. The number of hydrogen-bond donors (Lipinski definition) is 3. The monoisotopic (exact) mass is 257 g/mol. The SMILES string of the molecule is [NH3+][C@H](c1ccccc1)[C@H](NC(=O)O)c1ccccc1. The zero-order valence-electron chi connectivity index (χ0n) is 10.5. The zero-order valence-corrected chi connectivity index (χ0v) is 10.5. The molecule has 0 unspecified atom stereocenters. The summed E-state index contributed by atoms with van der Waals surface area (Å²) in [5.74, 6) is 0. The topological polar surface area (TPSA) is 77.0 Å². The van der Waals surface area contributed by atoms with E-state index in [0.717, 1.165) is 11.1 Å². The second-order valence-corrected chi connectivity index (χ2v) is 4.36. The highest BCUT2D eigenvalue weighted by Gasteiger charge is 2.25. The molecule has 0 aromatic heterocycles. The van der Waals surface area contributed by atoms with Gasteiger partial charge in [0.1, 0.15) is 12.1 Å². The van der Waals surface area contributed by atoms with Crippen molar-refractivity contribution in [1.29, 1.82) is 0 Å². The first-order valence-electron chi connectivity index (χ1n) is 6.11. The predicted molar refractivity (Wildman–Crippen MR) is 72.4 cm³/mol. The number of carbonyl (C=O) groups is 1. The molecule has 2 aromatic carbocycles. The minimum atomic E-state index is -1.04. The maximum absolute atomic E-state index is 11.0. The third kappa shape index (κ3) is 3.33. The van der Waals surface area contributed by atoms with Gasteiger partial charge in [-0.2, -0.15) is 0 Å². The Hall–Kier alpha value is -2.33. The van der Waals surface area contributed by atoms with E-state index in [9.17, 15) is 4.79 Å². The summed E-state index contributed by atoms with van der Waals surface area (Å²) in [4.78, 5) is 11.0. The van der Waals surface area contributed by atoms with Crippen molar-refractivity contribution in [2.75, 3.05) is 0 Å². The molecule has 2 aromatic rings. The summed E-state index contributed by atoms with van der Waals surface area (Å²) in [5.41, 5.74) is 6.03. The van der Waals surface area contributed by atoms with Gasteiger partial charge in [0.25, 0.3) is 0 Å². The molecule has 0 fully saturated rings. The standard InChI is InChI=1S/C15H16N2O2/c16-13(11-7-3-1-4-8-11)14(17-15(18)19)12-9-5-2-6-10-12/h1-10,13-14,17H,16H2,(H,18,19)/p+1/t13-,14-/m1/s1. The summed E-state index contributed by atoms with van der Waals surface area (Å²) >= 11 is 0. The molecular weight excluding hydrogens is 240 g/mol. The van der Waals surface area contributed by atoms with Gasteiger partial charge in [-0.25, -0.2) is 4.79 Å². The van der Waals surface area contributed by atoms with Crippen molar-refractivity contribution in [3.05, 3.63) is 71.8 Å². The third-order valence-electron chi connectivity index (χ3n) is 3.07. The van der Waals surface area contributed by atoms with E-state index in [1.54, 1.807) is 0 Å². The van der Waals surface area contributed by atoms with Crippen molar-refractivity contribution in [3.63, 3.8) is 0 Å². The predicted octanol–water partition coefficient (Wildman–Crippen LogP) is 1.98. The van der Waals surface area contributed by atoms with Gasteiger partial charge in [-0.1, -0.05) is 60.7 Å². The van der Waals surface area contributed by atoms with E-state index in [1.165, 1.54) is 0 Å². The molecule has 19 heavy (non-hydrogen) atoms. The van der Waals surface area contributed by atoms with E-state index in [-0.39, 0.29) is 12.1 Å². The molecule has 0 spiro atoms. The quantitative estimate of drug-likeness (QED) is 0.783. The smallest absolute Gasteiger partial charge is 0.405 e. The number of quaternary nitrogens is 1. The Kier molecular flexibility index (Phi) is 4.15. The molecule has 0 bridgehead atoms. The van der Waals surface area contributed by atoms with Crippen LogP contribution in [0.5, 0.6) is 0 Å². The Balaban J connectivity index is 2.30. The number of carboxylic acid groups (broad SMARTS) is 1. The molecule has 0 aliphatic rings. The summed E-state index contributed by atoms with van der Waals surface area (Å²) in [6, 6.07) is 18.7. The van der Waals surface area contributed by atoms with Gasteiger partial charge in [-0.15, -0.1) is 0 Å². The fraction of sp³-hybridized carbons (Fsp3) is 0.133. The summed E-state index contributed by atoms with van der Waals surface area (Å²) in [5, 5.41) is 11.6. The minimum absolute atomic E-state index is 0.181. The van der Waals surface area contributed by atoms with Crippen LogP contribution in [0.25, 0.3) is 0 Å². The van der Waals surface area contributed by atoms with Crippen LogP contribution in [0.2, 0.25) is 0 Å².